The molecule has 3 rings (SSSR count). The Bertz CT molecular complexity index is 660. The van der Waals surface area contributed by atoms with Gasteiger partial charge in [-0.1, -0.05) is 60.7 Å². The lowest BCUT2D eigenvalue weighted by Gasteiger charge is -2.44. The first-order valence-electron chi connectivity index (χ1n) is 8.45. The van der Waals surface area contributed by atoms with Crippen molar-refractivity contribution in [1.82, 2.24) is 9.80 Å². The minimum Gasteiger partial charge on any atom is -0.465 e. The maximum absolute atomic E-state index is 11.7. The number of carbonyl (C=O) groups is 1. The summed E-state index contributed by atoms with van der Waals surface area (Å²) in [5.74, 6) is 0. The molecule has 1 saturated heterocycles. The van der Waals surface area contributed by atoms with Crippen LogP contribution in [0, 0.1) is 0 Å². The van der Waals surface area contributed by atoms with E-state index in [9.17, 15) is 9.90 Å². The molecule has 0 aromatic heterocycles. The number of carboxylic acid groups (broad SMARTS) is 1. The second-order valence-corrected chi connectivity index (χ2v) is 6.56. The highest BCUT2D eigenvalue weighted by Crippen LogP contribution is 2.21. The molecule has 1 heterocycles. The summed E-state index contributed by atoms with van der Waals surface area (Å²) < 4.78 is 0. The number of hydrogen-bond acceptors (Lipinski definition) is 2. The zero-order valence-electron chi connectivity index (χ0n) is 14.0. The van der Waals surface area contributed by atoms with E-state index in [1.807, 2.05) is 43.3 Å². The Morgan fingerprint density at radius 2 is 1.58 bits per heavy atom. The Labute approximate surface area is 143 Å². The van der Waals surface area contributed by atoms with Crippen LogP contribution in [0.15, 0.2) is 60.7 Å². The molecule has 4 heteroatoms. The van der Waals surface area contributed by atoms with Crippen molar-refractivity contribution in [1.29, 1.82) is 0 Å². The molecule has 2 aromatic carbocycles. The molecule has 1 aliphatic rings. The number of nitrogens with zero attached hydrogens (tertiary/aromatic N) is 2. The van der Waals surface area contributed by atoms with Crippen molar-refractivity contribution in [3.63, 3.8) is 0 Å². The lowest BCUT2D eigenvalue weighted by Crippen LogP contribution is -2.59. The topological polar surface area (TPSA) is 43.8 Å². The van der Waals surface area contributed by atoms with E-state index in [1.165, 1.54) is 11.1 Å². The summed E-state index contributed by atoms with van der Waals surface area (Å²) in [6.07, 6.45) is -0.0641. The van der Waals surface area contributed by atoms with Gasteiger partial charge in [-0.05, 0) is 24.5 Å². The van der Waals surface area contributed by atoms with Crippen LogP contribution >= 0.6 is 0 Å². The quantitative estimate of drug-likeness (QED) is 0.936. The fourth-order valence-corrected chi connectivity index (χ4v) is 3.65. The Kier molecular flexibility index (Phi) is 5.16. The molecule has 2 aromatic rings. The molecule has 126 valence electrons. The minimum absolute atomic E-state index is 0.00586. The van der Waals surface area contributed by atoms with Gasteiger partial charge in [0.2, 0.25) is 0 Å². The van der Waals surface area contributed by atoms with Crippen molar-refractivity contribution in [3.8, 4) is 0 Å². The normalized spacial score (nSPS) is 21.6. The molecule has 1 aliphatic heterocycles. The summed E-state index contributed by atoms with van der Waals surface area (Å²) in [5, 5.41) is 9.64. The van der Waals surface area contributed by atoms with Crippen LogP contribution in [-0.2, 0) is 13.0 Å². The van der Waals surface area contributed by atoms with Crippen LogP contribution in [0.3, 0.4) is 0 Å². The molecule has 0 unspecified atom stereocenters. The standard InChI is InChI=1S/C20H24N2O2/c1-16-13-21(14-18-10-6-3-7-11-18)15-19(22(16)20(23)24)12-17-8-4-2-5-9-17/h2-11,16,19H,12-15H2,1H3,(H,23,24)/t16-,19-/m1/s1. The monoisotopic (exact) mass is 324 g/mol. The Morgan fingerprint density at radius 1 is 1.00 bits per heavy atom. The molecule has 1 fully saturated rings. The van der Waals surface area contributed by atoms with Crippen LogP contribution in [-0.4, -0.2) is 46.2 Å². The molecule has 24 heavy (non-hydrogen) atoms. The van der Waals surface area contributed by atoms with Crippen molar-refractivity contribution >= 4 is 6.09 Å². The maximum Gasteiger partial charge on any atom is 0.407 e. The molecule has 0 bridgehead atoms. The first-order valence-corrected chi connectivity index (χ1v) is 8.45. The van der Waals surface area contributed by atoms with Gasteiger partial charge in [-0.25, -0.2) is 4.79 Å². The summed E-state index contributed by atoms with van der Waals surface area (Å²) in [6, 6.07) is 20.5. The largest absolute Gasteiger partial charge is 0.465 e. The predicted octanol–water partition coefficient (Wildman–Crippen LogP) is 3.48. The lowest BCUT2D eigenvalue weighted by atomic mass is 9.99. The van der Waals surface area contributed by atoms with Gasteiger partial charge in [0.25, 0.3) is 0 Å². The van der Waals surface area contributed by atoms with Gasteiger partial charge in [0, 0.05) is 25.7 Å². The highest BCUT2D eigenvalue weighted by molar-refractivity contribution is 5.66. The summed E-state index contributed by atoms with van der Waals surface area (Å²) >= 11 is 0. The number of rotatable bonds is 4. The van der Waals surface area contributed by atoms with Gasteiger partial charge in [0.15, 0.2) is 0 Å². The summed E-state index contributed by atoms with van der Waals surface area (Å²) in [6.45, 7) is 4.40. The Balaban J connectivity index is 1.75. The van der Waals surface area contributed by atoms with Crippen LogP contribution in [0.2, 0.25) is 0 Å². The van der Waals surface area contributed by atoms with Gasteiger partial charge < -0.3 is 5.11 Å². The maximum atomic E-state index is 11.7. The second kappa shape index (κ2) is 7.49. The third-order valence-electron chi connectivity index (χ3n) is 4.64. The van der Waals surface area contributed by atoms with Gasteiger partial charge in [-0.3, -0.25) is 9.80 Å². The average molecular weight is 324 g/mol. The molecule has 1 N–H and O–H groups in total. The molecule has 2 atom stereocenters. The van der Waals surface area contributed by atoms with Crippen molar-refractivity contribution < 1.29 is 9.90 Å². The first-order chi connectivity index (χ1) is 11.6. The van der Waals surface area contributed by atoms with Crippen molar-refractivity contribution in [3.05, 3.63) is 71.8 Å². The van der Waals surface area contributed by atoms with E-state index in [2.05, 4.69) is 29.2 Å². The first kappa shape index (κ1) is 16.5. The molecule has 0 spiro atoms. The molecule has 0 radical (unpaired) electrons. The summed E-state index contributed by atoms with van der Waals surface area (Å²) in [4.78, 5) is 15.7. The predicted molar refractivity (Wildman–Crippen MR) is 95.0 cm³/mol. The molecule has 0 aliphatic carbocycles. The average Bonchev–Trinajstić information content (AvgIpc) is 2.56. The fourth-order valence-electron chi connectivity index (χ4n) is 3.65. The van der Waals surface area contributed by atoms with Gasteiger partial charge >= 0.3 is 6.09 Å². The van der Waals surface area contributed by atoms with Crippen LogP contribution in [0.25, 0.3) is 0 Å². The second-order valence-electron chi connectivity index (χ2n) is 6.56. The van der Waals surface area contributed by atoms with E-state index in [0.29, 0.717) is 0 Å². The molecule has 1 amide bonds. The van der Waals surface area contributed by atoms with Crippen LogP contribution in [0.5, 0.6) is 0 Å². The smallest absolute Gasteiger partial charge is 0.407 e. The number of piperazine rings is 1. The SMILES string of the molecule is C[C@@H]1CN(Cc2ccccc2)C[C@@H](Cc2ccccc2)N1C(=O)O. The van der Waals surface area contributed by atoms with Gasteiger partial charge in [0.1, 0.15) is 0 Å². The number of hydrogen-bond donors (Lipinski definition) is 1. The summed E-state index contributed by atoms with van der Waals surface area (Å²) in [5.41, 5.74) is 2.45. The number of benzene rings is 2. The minimum atomic E-state index is -0.817. The van der Waals surface area contributed by atoms with Crippen molar-refractivity contribution in [2.45, 2.75) is 32.0 Å². The Hall–Kier alpha value is -2.33. The third kappa shape index (κ3) is 3.95. The highest BCUT2D eigenvalue weighted by Gasteiger charge is 2.35. The van der Waals surface area contributed by atoms with Crippen LogP contribution < -0.4 is 0 Å². The fraction of sp³-hybridized carbons (Fsp3) is 0.350. The molecular formula is C20H24N2O2. The Morgan fingerprint density at radius 3 is 2.17 bits per heavy atom. The lowest BCUT2D eigenvalue weighted by molar-refractivity contribution is 0.0316. The van der Waals surface area contributed by atoms with Gasteiger partial charge in [-0.15, -0.1) is 0 Å². The van der Waals surface area contributed by atoms with Gasteiger partial charge in [-0.2, -0.15) is 0 Å². The van der Waals surface area contributed by atoms with Crippen LogP contribution in [0.1, 0.15) is 18.1 Å². The van der Waals surface area contributed by atoms with E-state index >= 15 is 0 Å². The third-order valence-corrected chi connectivity index (χ3v) is 4.64. The van der Waals surface area contributed by atoms with Crippen molar-refractivity contribution in [2.75, 3.05) is 13.1 Å². The van der Waals surface area contributed by atoms with E-state index < -0.39 is 6.09 Å². The zero-order valence-corrected chi connectivity index (χ0v) is 14.0. The van der Waals surface area contributed by atoms with E-state index in [1.54, 1.807) is 4.90 Å². The zero-order chi connectivity index (χ0) is 16.9. The number of amides is 1. The van der Waals surface area contributed by atoms with E-state index in [0.717, 1.165) is 26.1 Å². The van der Waals surface area contributed by atoms with Crippen LogP contribution in [0.4, 0.5) is 4.79 Å². The van der Waals surface area contributed by atoms with Gasteiger partial charge in [0.05, 0.1) is 6.04 Å². The summed E-state index contributed by atoms with van der Waals surface area (Å²) in [7, 11) is 0. The molecule has 0 saturated carbocycles. The highest BCUT2D eigenvalue weighted by atomic mass is 16.4. The van der Waals surface area contributed by atoms with E-state index in [4.69, 9.17) is 0 Å². The van der Waals surface area contributed by atoms with Crippen molar-refractivity contribution in [2.24, 2.45) is 0 Å². The van der Waals surface area contributed by atoms with E-state index in [-0.39, 0.29) is 12.1 Å². The molecule has 4 nitrogen and oxygen atoms in total. The molecular weight excluding hydrogens is 300 g/mol.